The van der Waals surface area contributed by atoms with E-state index in [0.717, 1.165) is 10.6 Å². The molecule has 1 aliphatic carbocycles. The van der Waals surface area contributed by atoms with E-state index in [4.69, 9.17) is 0 Å². The van der Waals surface area contributed by atoms with E-state index in [-0.39, 0.29) is 11.9 Å². The van der Waals surface area contributed by atoms with Crippen molar-refractivity contribution in [1.29, 1.82) is 0 Å². The zero-order valence-electron chi connectivity index (χ0n) is 13.1. The average Bonchev–Trinajstić information content (AvgIpc) is 3.26. The number of amides is 1. The summed E-state index contributed by atoms with van der Waals surface area (Å²) in [6, 6.07) is 6.03. The Balaban J connectivity index is 1.44. The first-order valence-electron chi connectivity index (χ1n) is 8.07. The third-order valence-electron chi connectivity index (χ3n) is 4.44. The van der Waals surface area contributed by atoms with Gasteiger partial charge in [0.2, 0.25) is 11.0 Å². The molecule has 1 amide bonds. The van der Waals surface area contributed by atoms with Gasteiger partial charge in [0.15, 0.2) is 0 Å². The van der Waals surface area contributed by atoms with Crippen molar-refractivity contribution in [3.05, 3.63) is 51.9 Å². The van der Waals surface area contributed by atoms with E-state index in [1.807, 2.05) is 29.9 Å². The maximum absolute atomic E-state index is 12.5. The number of carbonyl (C=O) groups is 1. The second kappa shape index (κ2) is 6.86. The normalized spacial score (nSPS) is 15.8. The summed E-state index contributed by atoms with van der Waals surface area (Å²) in [5.74, 6) is 0.516. The molecule has 0 aromatic carbocycles. The van der Waals surface area contributed by atoms with Gasteiger partial charge in [-0.15, -0.1) is 10.2 Å². The second-order valence-corrected chi connectivity index (χ2v) is 7.82. The summed E-state index contributed by atoms with van der Waals surface area (Å²) in [7, 11) is 0. The van der Waals surface area contributed by atoms with Crippen LogP contribution in [-0.2, 0) is 4.79 Å². The number of nitrogens with zero attached hydrogens (tertiary/aromatic N) is 3. The van der Waals surface area contributed by atoms with Crippen molar-refractivity contribution in [1.82, 2.24) is 14.8 Å². The molecule has 3 heterocycles. The van der Waals surface area contributed by atoms with E-state index in [9.17, 15) is 4.79 Å². The number of carbonyl (C=O) groups excluding carboxylic acids is 1. The van der Waals surface area contributed by atoms with Gasteiger partial charge in [-0.25, -0.2) is 0 Å². The molecule has 1 aliphatic rings. The molecule has 1 atom stereocenters. The van der Waals surface area contributed by atoms with Gasteiger partial charge in [-0.1, -0.05) is 17.8 Å². The Morgan fingerprint density at radius 1 is 1.33 bits per heavy atom. The minimum absolute atomic E-state index is 0.00488. The van der Waals surface area contributed by atoms with Gasteiger partial charge in [-0.2, -0.15) is 11.3 Å². The molecule has 1 N–H and O–H groups in total. The Morgan fingerprint density at radius 2 is 2.17 bits per heavy atom. The Hall–Kier alpha value is -1.99. The summed E-state index contributed by atoms with van der Waals surface area (Å²) in [6.45, 7) is 0. The predicted molar refractivity (Wildman–Crippen MR) is 96.6 cm³/mol. The predicted octanol–water partition coefficient (Wildman–Crippen LogP) is 4.29. The summed E-state index contributed by atoms with van der Waals surface area (Å²) in [5.41, 5.74) is 1.15. The van der Waals surface area contributed by atoms with Crippen molar-refractivity contribution in [2.24, 2.45) is 0 Å². The fraction of sp³-hybridized carbons (Fsp3) is 0.353. The first kappa shape index (κ1) is 15.5. The molecule has 0 aliphatic heterocycles. The standard InChI is InChI=1S/C17H18N4OS2/c22-15(18-17-20-19-16(24-17)12-4-3-5-12)10-14(13-6-9-23-11-13)21-7-1-2-8-21/h1-2,6-9,11-12,14H,3-5,10H2,(H,18,20,22). The molecular formula is C17H18N4OS2. The van der Waals surface area contributed by atoms with Crippen molar-refractivity contribution in [3.63, 3.8) is 0 Å². The lowest BCUT2D eigenvalue weighted by Crippen LogP contribution is -2.19. The molecule has 3 aromatic heterocycles. The fourth-order valence-electron chi connectivity index (χ4n) is 2.87. The third-order valence-corrected chi connectivity index (χ3v) is 6.14. The average molecular weight is 358 g/mol. The summed E-state index contributed by atoms with van der Waals surface area (Å²) < 4.78 is 2.07. The highest BCUT2D eigenvalue weighted by Gasteiger charge is 2.24. The van der Waals surface area contributed by atoms with Crippen LogP contribution in [0.1, 0.15) is 48.2 Å². The Bertz CT molecular complexity index is 756. The van der Waals surface area contributed by atoms with Gasteiger partial charge in [-0.3, -0.25) is 4.79 Å². The van der Waals surface area contributed by atoms with Crippen LogP contribution in [0.2, 0.25) is 0 Å². The largest absolute Gasteiger partial charge is 0.346 e. The molecular weight excluding hydrogens is 340 g/mol. The number of nitrogens with one attached hydrogen (secondary N) is 1. The van der Waals surface area contributed by atoms with Crippen LogP contribution in [0.3, 0.4) is 0 Å². The van der Waals surface area contributed by atoms with Crippen molar-refractivity contribution < 1.29 is 4.79 Å². The molecule has 0 spiro atoms. The van der Waals surface area contributed by atoms with Gasteiger partial charge in [0, 0.05) is 18.3 Å². The molecule has 0 saturated heterocycles. The van der Waals surface area contributed by atoms with Crippen LogP contribution in [0.5, 0.6) is 0 Å². The number of anilines is 1. The quantitative estimate of drug-likeness (QED) is 0.715. The van der Waals surface area contributed by atoms with Crippen molar-refractivity contribution in [3.8, 4) is 0 Å². The number of aromatic nitrogens is 3. The lowest BCUT2D eigenvalue weighted by molar-refractivity contribution is -0.116. The first-order chi connectivity index (χ1) is 11.8. The Morgan fingerprint density at radius 3 is 2.83 bits per heavy atom. The molecule has 1 saturated carbocycles. The van der Waals surface area contributed by atoms with Crippen LogP contribution in [0, 0.1) is 0 Å². The smallest absolute Gasteiger partial charge is 0.228 e. The molecule has 5 nitrogen and oxygen atoms in total. The first-order valence-corrected chi connectivity index (χ1v) is 9.83. The number of hydrogen-bond donors (Lipinski definition) is 1. The Labute approximate surface area is 148 Å². The third kappa shape index (κ3) is 3.27. The maximum Gasteiger partial charge on any atom is 0.228 e. The topological polar surface area (TPSA) is 59.8 Å². The van der Waals surface area contributed by atoms with Crippen LogP contribution < -0.4 is 5.32 Å². The van der Waals surface area contributed by atoms with Crippen molar-refractivity contribution in [2.75, 3.05) is 5.32 Å². The fourth-order valence-corrected chi connectivity index (χ4v) is 4.50. The van der Waals surface area contributed by atoms with Gasteiger partial charge in [-0.05, 0) is 47.4 Å². The Kier molecular flexibility index (Phi) is 4.44. The zero-order valence-corrected chi connectivity index (χ0v) is 14.7. The van der Waals surface area contributed by atoms with Crippen molar-refractivity contribution >= 4 is 33.7 Å². The summed E-state index contributed by atoms with van der Waals surface area (Å²) >= 11 is 3.15. The highest BCUT2D eigenvalue weighted by molar-refractivity contribution is 7.15. The molecule has 0 radical (unpaired) electrons. The molecule has 3 aromatic rings. The summed E-state index contributed by atoms with van der Waals surface area (Å²) in [4.78, 5) is 12.5. The van der Waals surface area contributed by atoms with Crippen LogP contribution in [0.4, 0.5) is 5.13 Å². The lowest BCUT2D eigenvalue weighted by atomic mass is 9.86. The molecule has 1 fully saturated rings. The van der Waals surface area contributed by atoms with Crippen LogP contribution in [0.15, 0.2) is 41.4 Å². The second-order valence-electron chi connectivity index (χ2n) is 6.03. The molecule has 7 heteroatoms. The minimum Gasteiger partial charge on any atom is -0.346 e. The zero-order chi connectivity index (χ0) is 16.4. The molecule has 1 unspecified atom stereocenters. The van der Waals surface area contributed by atoms with E-state index in [1.54, 1.807) is 11.3 Å². The molecule has 124 valence electrons. The lowest BCUT2D eigenvalue weighted by Gasteiger charge is -2.21. The molecule has 0 bridgehead atoms. The van der Waals surface area contributed by atoms with E-state index in [1.165, 1.54) is 30.6 Å². The minimum atomic E-state index is -0.0313. The number of thiophene rings is 1. The van der Waals surface area contributed by atoms with E-state index in [2.05, 4.69) is 31.5 Å². The van der Waals surface area contributed by atoms with E-state index in [0.29, 0.717) is 17.5 Å². The molecule has 24 heavy (non-hydrogen) atoms. The van der Waals surface area contributed by atoms with E-state index >= 15 is 0 Å². The van der Waals surface area contributed by atoms with Crippen LogP contribution in [-0.4, -0.2) is 20.7 Å². The summed E-state index contributed by atoms with van der Waals surface area (Å²) in [5, 5.41) is 17.1. The SMILES string of the molecule is O=C(CC(c1ccsc1)n1cccc1)Nc1nnc(C2CCC2)s1. The molecule has 4 rings (SSSR count). The van der Waals surface area contributed by atoms with E-state index < -0.39 is 0 Å². The van der Waals surface area contributed by atoms with Gasteiger partial charge in [0.1, 0.15) is 5.01 Å². The maximum atomic E-state index is 12.5. The van der Waals surface area contributed by atoms with Gasteiger partial charge >= 0.3 is 0 Å². The van der Waals surface area contributed by atoms with Crippen molar-refractivity contribution in [2.45, 2.75) is 37.6 Å². The van der Waals surface area contributed by atoms with Crippen LogP contribution >= 0.6 is 22.7 Å². The monoisotopic (exact) mass is 358 g/mol. The van der Waals surface area contributed by atoms with Crippen LogP contribution in [0.25, 0.3) is 0 Å². The number of hydrogen-bond acceptors (Lipinski definition) is 5. The summed E-state index contributed by atoms with van der Waals surface area (Å²) in [6.07, 6.45) is 8.02. The van der Waals surface area contributed by atoms with Gasteiger partial charge in [0.05, 0.1) is 12.5 Å². The number of rotatable bonds is 6. The highest BCUT2D eigenvalue weighted by atomic mass is 32.1. The van der Waals surface area contributed by atoms with Gasteiger partial charge < -0.3 is 9.88 Å². The highest BCUT2D eigenvalue weighted by Crippen LogP contribution is 2.38. The van der Waals surface area contributed by atoms with Gasteiger partial charge in [0.25, 0.3) is 0 Å².